The Kier molecular flexibility index (Phi) is 4.45. The third-order valence-corrected chi connectivity index (χ3v) is 4.25. The molecule has 1 saturated heterocycles. The Morgan fingerprint density at radius 2 is 1.96 bits per heavy atom. The van der Waals surface area contributed by atoms with Crippen molar-refractivity contribution in [3.63, 3.8) is 0 Å². The second-order valence-electron chi connectivity index (χ2n) is 5.28. The van der Waals surface area contributed by atoms with Crippen LogP contribution in [0.4, 0.5) is 4.79 Å². The van der Waals surface area contributed by atoms with Gasteiger partial charge in [-0.2, -0.15) is 14.4 Å². The summed E-state index contributed by atoms with van der Waals surface area (Å²) in [4.78, 5) is 13.6. The minimum absolute atomic E-state index is 0. The van der Waals surface area contributed by atoms with Crippen LogP contribution < -0.4 is 29.6 Å². The molecule has 1 aromatic carbocycles. The quantitative estimate of drug-likeness (QED) is 0.343. The van der Waals surface area contributed by atoms with Crippen LogP contribution in [0.25, 0.3) is 5.69 Å². The Balaban J connectivity index is 0.00000169. The molecular weight excluding hydrogens is 347 g/mol. The van der Waals surface area contributed by atoms with Crippen molar-refractivity contribution in [3.8, 4) is 5.69 Å². The van der Waals surface area contributed by atoms with E-state index in [0.717, 1.165) is 11.4 Å². The molecule has 2 bridgehead atoms. The van der Waals surface area contributed by atoms with Gasteiger partial charge in [-0.1, -0.05) is 18.2 Å². The van der Waals surface area contributed by atoms with Gasteiger partial charge in [0.15, 0.2) is 0 Å². The number of nitrogens with zero attached hydrogens (tertiary/aromatic N) is 4. The number of carbonyl (C=O) groups excluding carboxylic acids is 1. The maximum Gasteiger partial charge on any atom is 1.00 e. The maximum atomic E-state index is 12.2. The molecule has 2 aliphatic rings. The van der Waals surface area contributed by atoms with Gasteiger partial charge in [-0.05, 0) is 12.1 Å². The summed E-state index contributed by atoms with van der Waals surface area (Å²) >= 11 is 0. The van der Waals surface area contributed by atoms with Gasteiger partial charge in [0.2, 0.25) is 10.4 Å². The Morgan fingerprint density at radius 3 is 2.62 bits per heavy atom. The molecule has 120 valence electrons. The predicted octanol–water partition coefficient (Wildman–Crippen LogP) is -2.44. The molecule has 1 fully saturated rings. The Morgan fingerprint density at radius 1 is 1.25 bits per heavy atom. The van der Waals surface area contributed by atoms with Crippen LogP contribution in [0.1, 0.15) is 17.3 Å². The zero-order chi connectivity index (χ0) is 16.2. The standard InChI is InChI=1S/C13H12N4O5S.Na/c18-13-15-7-11-10(12(8-15)17(13)22-23(19,20)21)6-14-16(11)9-4-2-1-3-5-9;/h1-6,12H,7-8H2,(H,19,20,21);/q;+1/p-1. The van der Waals surface area contributed by atoms with Gasteiger partial charge in [0.05, 0.1) is 30.7 Å². The number of urea groups is 1. The van der Waals surface area contributed by atoms with Crippen LogP contribution in [0.5, 0.6) is 0 Å². The number of carbonyl (C=O) groups is 1. The summed E-state index contributed by atoms with van der Waals surface area (Å²) in [6.07, 6.45) is 1.57. The van der Waals surface area contributed by atoms with Gasteiger partial charge < -0.3 is 9.45 Å². The Labute approximate surface area is 160 Å². The molecule has 4 rings (SSSR count). The monoisotopic (exact) mass is 358 g/mol. The zero-order valence-electron chi connectivity index (χ0n) is 12.7. The van der Waals surface area contributed by atoms with Crippen molar-refractivity contribution >= 4 is 16.4 Å². The average Bonchev–Trinajstić information content (AvgIpc) is 3.04. The second-order valence-corrected chi connectivity index (χ2v) is 6.25. The number of hydrogen-bond acceptors (Lipinski definition) is 6. The first-order valence-corrected chi connectivity index (χ1v) is 8.13. The normalized spacial score (nSPS) is 19.2. The average molecular weight is 358 g/mol. The van der Waals surface area contributed by atoms with E-state index in [1.807, 2.05) is 30.3 Å². The third-order valence-electron chi connectivity index (χ3n) is 3.91. The maximum absolute atomic E-state index is 12.2. The van der Waals surface area contributed by atoms with Crippen molar-refractivity contribution in [2.24, 2.45) is 0 Å². The van der Waals surface area contributed by atoms with Crippen molar-refractivity contribution in [1.29, 1.82) is 0 Å². The number of aromatic nitrogens is 2. The molecule has 0 spiro atoms. The smallest absolute Gasteiger partial charge is 0.724 e. The van der Waals surface area contributed by atoms with Crippen LogP contribution >= 0.6 is 0 Å². The fourth-order valence-electron chi connectivity index (χ4n) is 2.97. The number of hydrogen-bond donors (Lipinski definition) is 0. The number of benzene rings is 1. The summed E-state index contributed by atoms with van der Waals surface area (Å²) in [5, 5.41) is 4.93. The predicted molar refractivity (Wildman–Crippen MR) is 74.7 cm³/mol. The van der Waals surface area contributed by atoms with Crippen LogP contribution in [0.3, 0.4) is 0 Å². The molecule has 0 radical (unpaired) electrons. The van der Waals surface area contributed by atoms with Crippen molar-refractivity contribution < 1.29 is 51.6 Å². The largest absolute Gasteiger partial charge is 1.00 e. The number of amides is 2. The van der Waals surface area contributed by atoms with Crippen molar-refractivity contribution in [2.45, 2.75) is 12.6 Å². The van der Waals surface area contributed by atoms with Crippen LogP contribution in [-0.4, -0.2) is 45.3 Å². The SMILES string of the molecule is O=C1N2Cc3c(cnn3-c3ccccc3)C(C2)N1OS(=O)(=O)[O-].[Na+]. The molecule has 1 unspecified atom stereocenters. The van der Waals surface area contributed by atoms with E-state index in [-0.39, 0.29) is 42.6 Å². The first-order chi connectivity index (χ1) is 10.9. The summed E-state index contributed by atoms with van der Waals surface area (Å²) in [7, 11) is -5.03. The fourth-order valence-corrected chi connectivity index (χ4v) is 3.33. The third kappa shape index (κ3) is 2.85. The molecule has 0 N–H and O–H groups in total. The molecule has 11 heteroatoms. The second kappa shape index (κ2) is 6.14. The molecule has 24 heavy (non-hydrogen) atoms. The van der Waals surface area contributed by atoms with Gasteiger partial charge in [0.25, 0.3) is 0 Å². The minimum Gasteiger partial charge on any atom is -0.724 e. The van der Waals surface area contributed by atoms with Gasteiger partial charge in [-0.15, -0.1) is 0 Å². The van der Waals surface area contributed by atoms with Gasteiger partial charge in [0.1, 0.15) is 6.04 Å². The van der Waals surface area contributed by atoms with E-state index in [4.69, 9.17) is 0 Å². The molecule has 0 saturated carbocycles. The fraction of sp³-hybridized carbons (Fsp3) is 0.231. The summed E-state index contributed by atoms with van der Waals surface area (Å²) in [5.41, 5.74) is 2.25. The van der Waals surface area contributed by atoms with E-state index in [1.165, 1.54) is 4.90 Å². The van der Waals surface area contributed by atoms with E-state index in [0.29, 0.717) is 10.6 Å². The van der Waals surface area contributed by atoms with Gasteiger partial charge in [-0.25, -0.2) is 17.9 Å². The van der Waals surface area contributed by atoms with Crippen molar-refractivity contribution in [2.75, 3.05) is 6.54 Å². The van der Waals surface area contributed by atoms with Crippen LogP contribution in [-0.2, 0) is 21.2 Å². The van der Waals surface area contributed by atoms with E-state index in [2.05, 4.69) is 9.38 Å². The van der Waals surface area contributed by atoms with Gasteiger partial charge >= 0.3 is 35.6 Å². The van der Waals surface area contributed by atoms with E-state index >= 15 is 0 Å². The summed E-state index contributed by atoms with van der Waals surface area (Å²) in [6.45, 7) is 0.514. The van der Waals surface area contributed by atoms with Crippen molar-refractivity contribution in [1.82, 2.24) is 19.7 Å². The van der Waals surface area contributed by atoms with Crippen molar-refractivity contribution in [3.05, 3.63) is 47.8 Å². The summed E-state index contributed by atoms with van der Waals surface area (Å²) < 4.78 is 38.6. The topological polar surface area (TPSA) is 108 Å². The molecule has 0 aliphatic carbocycles. The first-order valence-electron chi connectivity index (χ1n) is 6.80. The minimum atomic E-state index is -5.03. The summed E-state index contributed by atoms with van der Waals surface area (Å²) in [6, 6.07) is 8.04. The molecular formula is C13H11N4NaO5S. The van der Waals surface area contributed by atoms with Crippen LogP contribution in [0.15, 0.2) is 36.5 Å². The van der Waals surface area contributed by atoms with Gasteiger partial charge in [-0.3, -0.25) is 0 Å². The van der Waals surface area contributed by atoms with Crippen LogP contribution in [0, 0.1) is 0 Å². The van der Waals surface area contributed by atoms with E-state index in [9.17, 15) is 17.8 Å². The molecule has 1 atom stereocenters. The van der Waals surface area contributed by atoms with Crippen LogP contribution in [0.2, 0.25) is 0 Å². The number of hydroxylamine groups is 2. The Bertz CT molecular complexity index is 885. The molecule has 3 heterocycles. The number of rotatable bonds is 3. The summed E-state index contributed by atoms with van der Waals surface area (Å²) in [5.74, 6) is 0. The zero-order valence-corrected chi connectivity index (χ0v) is 15.5. The first kappa shape index (κ1) is 17.4. The molecule has 2 aliphatic heterocycles. The Hall–Kier alpha value is -1.43. The number of fused-ring (bicyclic) bond motifs is 4. The number of para-hydroxylation sites is 1. The molecule has 2 amide bonds. The van der Waals surface area contributed by atoms with E-state index in [1.54, 1.807) is 10.9 Å². The molecule has 1 aromatic heterocycles. The van der Waals surface area contributed by atoms with E-state index < -0.39 is 22.5 Å². The molecule has 2 aromatic rings. The molecule has 9 nitrogen and oxygen atoms in total. The van der Waals surface area contributed by atoms with Gasteiger partial charge in [0, 0.05) is 5.56 Å².